The van der Waals surface area contributed by atoms with Crippen LogP contribution >= 0.6 is 35.7 Å². The monoisotopic (exact) mass is 482 g/mol. The number of halogens is 1. The average molecular weight is 482 g/mol. The van der Waals surface area contributed by atoms with Crippen LogP contribution in [0.25, 0.3) is 0 Å². The van der Waals surface area contributed by atoms with Crippen molar-refractivity contribution in [3.63, 3.8) is 0 Å². The molecule has 0 aliphatic carbocycles. The minimum Gasteiger partial charge on any atom is -0.379 e. The molecule has 3 saturated heterocycles. The van der Waals surface area contributed by atoms with E-state index in [-0.39, 0.29) is 24.0 Å². The number of hydrogen-bond donors (Lipinski definition) is 1. The minimum atomic E-state index is 0. The van der Waals surface area contributed by atoms with Crippen LogP contribution in [0, 0.1) is 11.8 Å². The quantitative estimate of drug-likeness (QED) is 0.370. The molecule has 3 heterocycles. The Hall–Kier alpha value is 0.270. The smallest absolute Gasteiger partial charge is 0.193 e. The maximum Gasteiger partial charge on any atom is 0.193 e. The molecule has 0 spiro atoms. The highest BCUT2D eigenvalue weighted by Gasteiger charge is 2.27. The van der Waals surface area contributed by atoms with Gasteiger partial charge in [-0.1, -0.05) is 0 Å². The summed E-state index contributed by atoms with van der Waals surface area (Å²) in [6.07, 6.45) is 3.97. The zero-order chi connectivity index (χ0) is 16.6. The highest BCUT2D eigenvalue weighted by molar-refractivity contribution is 14.0. The number of guanidine groups is 1. The minimum absolute atomic E-state index is 0. The maximum atomic E-state index is 5.46. The molecule has 1 unspecified atom stereocenters. The highest BCUT2D eigenvalue weighted by Crippen LogP contribution is 2.23. The first-order chi connectivity index (χ1) is 11.8. The van der Waals surface area contributed by atoms with Gasteiger partial charge in [-0.2, -0.15) is 11.8 Å². The van der Waals surface area contributed by atoms with Gasteiger partial charge >= 0.3 is 0 Å². The summed E-state index contributed by atoms with van der Waals surface area (Å²) >= 11 is 2.10. The molecule has 5 nitrogen and oxygen atoms in total. The first kappa shape index (κ1) is 21.6. The van der Waals surface area contributed by atoms with Gasteiger partial charge in [0.1, 0.15) is 0 Å². The lowest BCUT2D eigenvalue weighted by Gasteiger charge is -2.29. The van der Waals surface area contributed by atoms with Crippen molar-refractivity contribution in [3.8, 4) is 0 Å². The third kappa shape index (κ3) is 7.07. The van der Waals surface area contributed by atoms with Crippen LogP contribution in [0.15, 0.2) is 4.99 Å². The first-order valence-corrected chi connectivity index (χ1v) is 10.9. The van der Waals surface area contributed by atoms with Crippen LogP contribution in [0.1, 0.15) is 26.2 Å². The van der Waals surface area contributed by atoms with E-state index < -0.39 is 0 Å². The van der Waals surface area contributed by atoms with Gasteiger partial charge in [0.2, 0.25) is 0 Å². The SMILES string of the molecule is CCNC(=NCC1CCSCC1)N1CCC(CN2CCOCC2)C1.I. The lowest BCUT2D eigenvalue weighted by atomic mass is 10.0. The van der Waals surface area contributed by atoms with E-state index in [0.717, 1.165) is 70.3 Å². The van der Waals surface area contributed by atoms with E-state index >= 15 is 0 Å². The van der Waals surface area contributed by atoms with E-state index in [9.17, 15) is 0 Å². The number of aliphatic imine (C=N–C) groups is 1. The summed E-state index contributed by atoms with van der Waals surface area (Å²) in [4.78, 5) is 10.1. The third-order valence-electron chi connectivity index (χ3n) is 5.38. The Kier molecular flexibility index (Phi) is 10.2. The summed E-state index contributed by atoms with van der Waals surface area (Å²) in [5, 5.41) is 3.53. The summed E-state index contributed by atoms with van der Waals surface area (Å²) in [5.41, 5.74) is 0. The van der Waals surface area contributed by atoms with Crippen LogP contribution < -0.4 is 5.32 Å². The second-order valence-corrected chi connectivity index (χ2v) is 8.49. The van der Waals surface area contributed by atoms with Gasteiger partial charge in [0.25, 0.3) is 0 Å². The maximum absolute atomic E-state index is 5.46. The molecule has 0 aromatic heterocycles. The molecule has 1 atom stereocenters. The van der Waals surface area contributed by atoms with Crippen LogP contribution in [0.3, 0.4) is 0 Å². The number of likely N-dealkylation sites (tertiary alicyclic amines) is 1. The van der Waals surface area contributed by atoms with E-state index in [2.05, 4.69) is 33.8 Å². The summed E-state index contributed by atoms with van der Waals surface area (Å²) < 4.78 is 5.46. The van der Waals surface area contributed by atoms with Gasteiger partial charge < -0.3 is 15.0 Å². The van der Waals surface area contributed by atoms with Crippen molar-refractivity contribution in [1.82, 2.24) is 15.1 Å². The summed E-state index contributed by atoms with van der Waals surface area (Å²) in [6.45, 7) is 11.7. The molecular formula is C18H35IN4OS. The molecule has 0 aromatic carbocycles. The van der Waals surface area contributed by atoms with Gasteiger partial charge in [-0.3, -0.25) is 9.89 Å². The normalized spacial score (nSPS) is 26.5. The van der Waals surface area contributed by atoms with Crippen LogP contribution in [-0.2, 0) is 4.74 Å². The molecule has 0 saturated carbocycles. The number of thioether (sulfide) groups is 1. The number of rotatable bonds is 5. The molecule has 1 N–H and O–H groups in total. The Balaban J connectivity index is 0.00000225. The fourth-order valence-electron chi connectivity index (χ4n) is 3.89. The molecule has 3 aliphatic rings. The molecule has 7 heteroatoms. The standard InChI is InChI=1S/C18H34N4OS.HI/c1-2-19-18(20-13-16-4-11-24-12-5-16)22-6-3-17(15-22)14-21-7-9-23-10-8-21;/h16-17H,2-15H2,1H3,(H,19,20);1H. The van der Waals surface area contributed by atoms with Gasteiger partial charge in [0.15, 0.2) is 5.96 Å². The van der Waals surface area contributed by atoms with E-state index in [1.54, 1.807) is 0 Å². The number of morpholine rings is 1. The fourth-order valence-corrected chi connectivity index (χ4v) is 5.10. The molecule has 0 bridgehead atoms. The predicted octanol–water partition coefficient (Wildman–Crippen LogP) is 2.37. The zero-order valence-corrected chi connectivity index (χ0v) is 18.8. The summed E-state index contributed by atoms with van der Waals surface area (Å²) in [7, 11) is 0. The summed E-state index contributed by atoms with van der Waals surface area (Å²) in [5.74, 6) is 5.37. The highest BCUT2D eigenvalue weighted by atomic mass is 127. The van der Waals surface area contributed by atoms with Crippen molar-refractivity contribution in [2.45, 2.75) is 26.2 Å². The van der Waals surface area contributed by atoms with E-state index in [4.69, 9.17) is 9.73 Å². The predicted molar refractivity (Wildman–Crippen MR) is 118 cm³/mol. The largest absolute Gasteiger partial charge is 0.379 e. The molecule has 3 rings (SSSR count). The van der Waals surface area contributed by atoms with Crippen molar-refractivity contribution in [2.24, 2.45) is 16.8 Å². The molecule has 0 aromatic rings. The van der Waals surface area contributed by atoms with Crippen LogP contribution in [0.5, 0.6) is 0 Å². The van der Waals surface area contributed by atoms with E-state index in [1.165, 1.54) is 37.3 Å². The Morgan fingerprint density at radius 1 is 1.12 bits per heavy atom. The van der Waals surface area contributed by atoms with Crippen molar-refractivity contribution >= 4 is 41.7 Å². The number of ether oxygens (including phenoxy) is 1. The third-order valence-corrected chi connectivity index (χ3v) is 6.43. The summed E-state index contributed by atoms with van der Waals surface area (Å²) in [6, 6.07) is 0. The molecule has 25 heavy (non-hydrogen) atoms. The van der Waals surface area contributed by atoms with E-state index in [0.29, 0.717) is 0 Å². The van der Waals surface area contributed by atoms with Crippen molar-refractivity contribution in [3.05, 3.63) is 0 Å². The second-order valence-electron chi connectivity index (χ2n) is 7.26. The van der Waals surface area contributed by atoms with Gasteiger partial charge in [-0.25, -0.2) is 0 Å². The second kappa shape index (κ2) is 11.9. The fraction of sp³-hybridized carbons (Fsp3) is 0.944. The number of hydrogen-bond acceptors (Lipinski definition) is 4. The molecule has 3 aliphatic heterocycles. The van der Waals surface area contributed by atoms with Crippen LogP contribution in [0.2, 0.25) is 0 Å². The van der Waals surface area contributed by atoms with Crippen molar-refractivity contribution in [1.29, 1.82) is 0 Å². The van der Waals surface area contributed by atoms with Crippen molar-refractivity contribution < 1.29 is 4.74 Å². The van der Waals surface area contributed by atoms with E-state index in [1.807, 2.05) is 0 Å². The topological polar surface area (TPSA) is 40.1 Å². The van der Waals surface area contributed by atoms with Crippen molar-refractivity contribution in [2.75, 3.05) is 70.5 Å². The Labute approximate surface area is 174 Å². The van der Waals surface area contributed by atoms with Crippen LogP contribution in [-0.4, -0.2) is 86.3 Å². The Morgan fingerprint density at radius 2 is 1.88 bits per heavy atom. The molecular weight excluding hydrogens is 447 g/mol. The molecule has 0 amide bonds. The van der Waals surface area contributed by atoms with Gasteiger partial charge in [-0.05, 0) is 49.5 Å². The molecule has 3 fully saturated rings. The Bertz CT molecular complexity index is 401. The van der Waals surface area contributed by atoms with Gasteiger partial charge in [0.05, 0.1) is 13.2 Å². The number of nitrogens with one attached hydrogen (secondary N) is 1. The first-order valence-electron chi connectivity index (χ1n) is 9.76. The lowest BCUT2D eigenvalue weighted by Crippen LogP contribution is -2.42. The number of nitrogens with zero attached hydrogens (tertiary/aromatic N) is 3. The van der Waals surface area contributed by atoms with Gasteiger partial charge in [0, 0.05) is 45.8 Å². The molecule has 0 radical (unpaired) electrons. The van der Waals surface area contributed by atoms with Crippen LogP contribution in [0.4, 0.5) is 0 Å². The van der Waals surface area contributed by atoms with Gasteiger partial charge in [-0.15, -0.1) is 24.0 Å². The Morgan fingerprint density at radius 3 is 2.60 bits per heavy atom. The molecule has 146 valence electrons. The zero-order valence-electron chi connectivity index (χ0n) is 15.6. The lowest BCUT2D eigenvalue weighted by molar-refractivity contribution is 0.0315. The average Bonchev–Trinajstić information content (AvgIpc) is 3.09.